The maximum atomic E-state index is 13.5. The summed E-state index contributed by atoms with van der Waals surface area (Å²) in [7, 11) is 0. The molecular formula is C13H12ClF5N2O2S. The number of anilines is 1. The maximum Gasteiger partial charge on any atom is 0.286 e. The molecule has 1 N–H and O–H groups in total. The minimum Gasteiger partial charge on any atom is -0.324 e. The zero-order valence-corrected chi connectivity index (χ0v) is 13.5. The lowest BCUT2D eigenvalue weighted by molar-refractivity contribution is -0.115. The molecule has 0 saturated carbocycles. The number of carbonyl (C=O) groups excluding carboxylic acids is 1. The summed E-state index contributed by atoms with van der Waals surface area (Å²) in [5.41, 5.74) is -1.47. The van der Waals surface area contributed by atoms with E-state index in [1.54, 1.807) is 0 Å². The normalized spacial score (nSPS) is 23.9. The Labute approximate surface area is 142 Å². The summed E-state index contributed by atoms with van der Waals surface area (Å²) in [6, 6.07) is 0.685. The molecule has 0 aliphatic carbocycles. The van der Waals surface area contributed by atoms with Gasteiger partial charge < -0.3 is 9.88 Å². The number of hydrogen-bond acceptors (Lipinski definition) is 3. The van der Waals surface area contributed by atoms with Crippen molar-refractivity contribution in [2.45, 2.75) is 41.7 Å². The summed E-state index contributed by atoms with van der Waals surface area (Å²) in [4.78, 5) is 23.5. The molecule has 0 radical (unpaired) electrons. The summed E-state index contributed by atoms with van der Waals surface area (Å²) in [6.07, 6.45) is -4.72. The van der Waals surface area contributed by atoms with Crippen LogP contribution >= 0.6 is 23.4 Å². The van der Waals surface area contributed by atoms with Gasteiger partial charge in [0, 0.05) is 12.3 Å². The van der Waals surface area contributed by atoms with E-state index in [4.69, 9.17) is 11.6 Å². The van der Waals surface area contributed by atoms with Crippen molar-refractivity contribution >= 4 is 35.0 Å². The second kappa shape index (κ2) is 7.73. The fourth-order valence-electron chi connectivity index (χ4n) is 2.23. The highest BCUT2D eigenvalue weighted by Crippen LogP contribution is 2.40. The van der Waals surface area contributed by atoms with Crippen molar-refractivity contribution < 1.29 is 26.7 Å². The van der Waals surface area contributed by atoms with Crippen LogP contribution in [0.25, 0.3) is 0 Å². The largest absolute Gasteiger partial charge is 0.324 e. The van der Waals surface area contributed by atoms with Crippen LogP contribution in [-0.4, -0.2) is 39.2 Å². The van der Waals surface area contributed by atoms with Gasteiger partial charge in [0.2, 0.25) is 5.91 Å². The molecule has 1 fully saturated rings. The number of nitrogens with one attached hydrogen (secondary N) is 1. The summed E-state index contributed by atoms with van der Waals surface area (Å²) in [6.45, 7) is -1.03. The standard InChI is InChI=1S/C13H12ClF5N2O2S/c14-6-2-8(24-10(6)11(18)19)12(22)20-5-1-7(15)13(23)21(3-5)4-9(16)17/h1,3,6,8-11H,2,4H2,(H,20,22). The van der Waals surface area contributed by atoms with Crippen LogP contribution < -0.4 is 10.9 Å². The zero-order valence-electron chi connectivity index (χ0n) is 11.9. The van der Waals surface area contributed by atoms with E-state index in [-0.39, 0.29) is 12.1 Å². The Morgan fingerprint density at radius 1 is 1.42 bits per heavy atom. The van der Waals surface area contributed by atoms with Crippen molar-refractivity contribution in [2.24, 2.45) is 0 Å². The number of amides is 1. The molecule has 3 unspecified atom stereocenters. The Kier molecular flexibility index (Phi) is 6.13. The molecule has 2 heterocycles. The number of aromatic nitrogens is 1. The molecule has 134 valence electrons. The lowest BCUT2D eigenvalue weighted by Crippen LogP contribution is -2.28. The monoisotopic (exact) mass is 390 g/mol. The zero-order chi connectivity index (χ0) is 18.0. The van der Waals surface area contributed by atoms with Gasteiger partial charge in [-0.25, -0.2) is 22.0 Å². The Balaban J connectivity index is 2.12. The third kappa shape index (κ3) is 4.41. The van der Waals surface area contributed by atoms with Crippen LogP contribution in [0.1, 0.15) is 6.42 Å². The van der Waals surface area contributed by atoms with Gasteiger partial charge in [0.05, 0.1) is 28.1 Å². The third-order valence-corrected chi connectivity index (χ3v) is 5.49. The summed E-state index contributed by atoms with van der Waals surface area (Å²) < 4.78 is 64.1. The molecule has 0 aromatic carbocycles. The van der Waals surface area contributed by atoms with Gasteiger partial charge in [-0.2, -0.15) is 0 Å². The number of carbonyl (C=O) groups is 1. The van der Waals surface area contributed by atoms with Gasteiger partial charge in [0.15, 0.2) is 5.82 Å². The fourth-order valence-corrected chi connectivity index (χ4v) is 4.08. The molecule has 2 rings (SSSR count). The first-order valence-corrected chi connectivity index (χ1v) is 8.13. The lowest BCUT2D eigenvalue weighted by atomic mass is 10.2. The van der Waals surface area contributed by atoms with Gasteiger partial charge in [0.25, 0.3) is 18.4 Å². The van der Waals surface area contributed by atoms with E-state index in [0.717, 1.165) is 6.20 Å². The van der Waals surface area contributed by atoms with Crippen LogP contribution in [0.2, 0.25) is 0 Å². The molecular weight excluding hydrogens is 379 g/mol. The molecule has 1 aromatic rings. The fraction of sp³-hybridized carbons (Fsp3) is 0.538. The number of alkyl halides is 5. The summed E-state index contributed by atoms with van der Waals surface area (Å²) in [5, 5.41) is -0.742. The molecule has 24 heavy (non-hydrogen) atoms. The van der Waals surface area contributed by atoms with Gasteiger partial charge in [-0.3, -0.25) is 9.59 Å². The van der Waals surface area contributed by atoms with Gasteiger partial charge in [-0.15, -0.1) is 23.4 Å². The molecule has 1 aliphatic heterocycles. The van der Waals surface area contributed by atoms with Crippen molar-refractivity contribution in [1.29, 1.82) is 0 Å². The highest BCUT2D eigenvalue weighted by molar-refractivity contribution is 8.01. The number of hydrogen-bond donors (Lipinski definition) is 1. The van der Waals surface area contributed by atoms with Gasteiger partial charge in [-0.1, -0.05) is 0 Å². The van der Waals surface area contributed by atoms with Gasteiger partial charge >= 0.3 is 0 Å². The second-order valence-corrected chi connectivity index (χ2v) is 7.04. The predicted octanol–water partition coefficient (Wildman–Crippen LogP) is 2.94. The van der Waals surface area contributed by atoms with E-state index >= 15 is 0 Å². The quantitative estimate of drug-likeness (QED) is 0.621. The lowest BCUT2D eigenvalue weighted by Gasteiger charge is -2.13. The molecule has 3 atom stereocenters. The highest BCUT2D eigenvalue weighted by Gasteiger charge is 2.42. The van der Waals surface area contributed by atoms with E-state index in [0.29, 0.717) is 22.4 Å². The molecule has 1 aromatic heterocycles. The molecule has 4 nitrogen and oxygen atoms in total. The Morgan fingerprint density at radius 2 is 2.08 bits per heavy atom. The van der Waals surface area contributed by atoms with Crippen molar-refractivity contribution in [3.8, 4) is 0 Å². The maximum absolute atomic E-state index is 13.5. The minimum atomic E-state index is -2.89. The third-order valence-electron chi connectivity index (χ3n) is 3.30. The van der Waals surface area contributed by atoms with E-state index in [9.17, 15) is 31.5 Å². The molecule has 0 spiro atoms. The number of nitrogens with zero attached hydrogens (tertiary/aromatic N) is 1. The van der Waals surface area contributed by atoms with Crippen LogP contribution in [0, 0.1) is 5.82 Å². The van der Waals surface area contributed by atoms with E-state index in [1.807, 2.05) is 0 Å². The smallest absolute Gasteiger partial charge is 0.286 e. The average Bonchev–Trinajstić information content (AvgIpc) is 2.86. The number of halogens is 6. The van der Waals surface area contributed by atoms with E-state index in [1.165, 1.54) is 0 Å². The number of rotatable bonds is 5. The highest BCUT2D eigenvalue weighted by atomic mass is 35.5. The molecule has 0 bridgehead atoms. The van der Waals surface area contributed by atoms with Crippen LogP contribution in [0.5, 0.6) is 0 Å². The number of thioether (sulfide) groups is 1. The predicted molar refractivity (Wildman–Crippen MR) is 80.7 cm³/mol. The van der Waals surface area contributed by atoms with Gasteiger partial charge in [0.1, 0.15) is 0 Å². The van der Waals surface area contributed by atoms with Crippen molar-refractivity contribution in [3.05, 3.63) is 28.4 Å². The van der Waals surface area contributed by atoms with Crippen LogP contribution in [-0.2, 0) is 11.3 Å². The average molecular weight is 391 g/mol. The van der Waals surface area contributed by atoms with Gasteiger partial charge in [-0.05, 0) is 6.42 Å². The summed E-state index contributed by atoms with van der Waals surface area (Å²) >= 11 is 6.47. The first-order valence-electron chi connectivity index (χ1n) is 6.75. The minimum absolute atomic E-state index is 0.00772. The van der Waals surface area contributed by atoms with E-state index < -0.39 is 52.6 Å². The van der Waals surface area contributed by atoms with Crippen molar-refractivity contribution in [3.63, 3.8) is 0 Å². The molecule has 1 saturated heterocycles. The molecule has 1 aliphatic rings. The Morgan fingerprint density at radius 3 is 2.62 bits per heavy atom. The van der Waals surface area contributed by atoms with Crippen LogP contribution in [0.3, 0.4) is 0 Å². The first kappa shape index (κ1) is 19.0. The summed E-state index contributed by atoms with van der Waals surface area (Å²) in [5.74, 6) is -2.02. The number of pyridine rings is 1. The topological polar surface area (TPSA) is 51.1 Å². The van der Waals surface area contributed by atoms with Crippen molar-refractivity contribution in [1.82, 2.24) is 4.57 Å². The van der Waals surface area contributed by atoms with Crippen molar-refractivity contribution in [2.75, 3.05) is 5.32 Å². The Bertz CT molecular complexity index is 672. The van der Waals surface area contributed by atoms with Crippen LogP contribution in [0.15, 0.2) is 17.1 Å². The molecule has 1 amide bonds. The Hall–Kier alpha value is -1.29. The van der Waals surface area contributed by atoms with E-state index in [2.05, 4.69) is 5.32 Å². The first-order chi connectivity index (χ1) is 11.2. The molecule has 11 heteroatoms. The SMILES string of the molecule is O=C(Nc1cc(F)c(=O)n(CC(F)F)c1)C1CC(Cl)C(C(F)F)S1. The second-order valence-electron chi connectivity index (χ2n) is 5.09. The van der Waals surface area contributed by atoms with Crippen LogP contribution in [0.4, 0.5) is 27.6 Å².